The van der Waals surface area contributed by atoms with Crippen LogP contribution in [-0.4, -0.2) is 65.4 Å². The molecule has 1 aliphatic rings. The van der Waals surface area contributed by atoms with Gasteiger partial charge in [0.25, 0.3) is 0 Å². The smallest absolute Gasteiger partial charge is 0.410 e. The van der Waals surface area contributed by atoms with Crippen LogP contribution in [0.3, 0.4) is 0 Å². The molecule has 1 aromatic rings. The van der Waals surface area contributed by atoms with E-state index < -0.39 is 5.60 Å². The third-order valence-electron chi connectivity index (χ3n) is 4.24. The second-order valence-electron chi connectivity index (χ2n) is 7.59. The topological polar surface area (TPSA) is 85.7 Å². The summed E-state index contributed by atoms with van der Waals surface area (Å²) < 4.78 is 5.37. The van der Waals surface area contributed by atoms with E-state index >= 15 is 0 Å². The first-order valence-corrected chi connectivity index (χ1v) is 10.3. The summed E-state index contributed by atoms with van der Waals surface area (Å²) in [5, 5.41) is 11.7. The van der Waals surface area contributed by atoms with Gasteiger partial charge in [-0.15, -0.1) is 11.8 Å². The number of anilines is 1. The normalized spacial score (nSPS) is 14.4. The molecule has 2 amide bonds. The molecular weight excluding hydrogens is 376 g/mol. The number of ether oxygens (including phenoxy) is 1. The number of nitrogens with one attached hydrogen (secondary N) is 1. The van der Waals surface area contributed by atoms with Gasteiger partial charge in [0.05, 0.1) is 24.1 Å². The van der Waals surface area contributed by atoms with Crippen LogP contribution in [0, 0.1) is 11.3 Å². The van der Waals surface area contributed by atoms with Gasteiger partial charge in [0, 0.05) is 24.0 Å². The van der Waals surface area contributed by atoms with E-state index in [0.29, 0.717) is 31.1 Å². The third kappa shape index (κ3) is 6.43. The molecular formula is C20H28N4O3S. The summed E-state index contributed by atoms with van der Waals surface area (Å²) in [7, 11) is 0. The predicted molar refractivity (Wildman–Crippen MR) is 110 cm³/mol. The van der Waals surface area contributed by atoms with Gasteiger partial charge in [-0.3, -0.25) is 9.69 Å². The van der Waals surface area contributed by atoms with Gasteiger partial charge in [0.15, 0.2) is 0 Å². The Bertz CT molecular complexity index is 736. The van der Waals surface area contributed by atoms with Crippen molar-refractivity contribution < 1.29 is 14.3 Å². The molecule has 1 aliphatic heterocycles. The molecule has 1 saturated heterocycles. The summed E-state index contributed by atoms with van der Waals surface area (Å²) in [4.78, 5) is 29.2. The van der Waals surface area contributed by atoms with Gasteiger partial charge in [-0.25, -0.2) is 4.79 Å². The number of nitriles is 1. The maximum absolute atomic E-state index is 12.5. The van der Waals surface area contributed by atoms with E-state index in [0.717, 1.165) is 4.90 Å². The number of hydrogen-bond acceptors (Lipinski definition) is 6. The summed E-state index contributed by atoms with van der Waals surface area (Å²) in [5.74, 6) is 0.221. The van der Waals surface area contributed by atoms with Crippen molar-refractivity contribution in [3.63, 3.8) is 0 Å². The number of nitrogens with zero attached hydrogens (tertiary/aromatic N) is 3. The second-order valence-corrected chi connectivity index (χ2v) is 8.61. The first-order valence-electron chi connectivity index (χ1n) is 9.34. The predicted octanol–water partition coefficient (Wildman–Crippen LogP) is 3.18. The monoisotopic (exact) mass is 404 g/mol. The Hall–Kier alpha value is -2.24. The zero-order valence-corrected chi connectivity index (χ0v) is 17.7. The first kappa shape index (κ1) is 22.1. The summed E-state index contributed by atoms with van der Waals surface area (Å²) >= 11 is 1.40. The van der Waals surface area contributed by atoms with E-state index in [4.69, 9.17) is 10.00 Å². The van der Waals surface area contributed by atoms with Gasteiger partial charge >= 0.3 is 6.09 Å². The van der Waals surface area contributed by atoms with E-state index in [1.54, 1.807) is 4.90 Å². The van der Waals surface area contributed by atoms with Crippen LogP contribution in [-0.2, 0) is 9.53 Å². The Kier molecular flexibility index (Phi) is 7.72. The Labute approximate surface area is 171 Å². The molecule has 1 aromatic carbocycles. The highest BCUT2D eigenvalue weighted by Crippen LogP contribution is 2.26. The summed E-state index contributed by atoms with van der Waals surface area (Å²) in [5.41, 5.74) is 0.205. The van der Waals surface area contributed by atoms with Crippen molar-refractivity contribution in [3.05, 3.63) is 24.3 Å². The molecule has 152 valence electrons. The minimum Gasteiger partial charge on any atom is -0.444 e. The molecule has 1 N–H and O–H groups in total. The van der Waals surface area contributed by atoms with Crippen LogP contribution < -0.4 is 5.32 Å². The number of para-hydroxylation sites is 1. The highest BCUT2D eigenvalue weighted by molar-refractivity contribution is 7.99. The van der Waals surface area contributed by atoms with E-state index in [2.05, 4.69) is 16.3 Å². The number of carbonyl (C=O) groups excluding carboxylic acids is 2. The molecule has 0 saturated carbocycles. The lowest BCUT2D eigenvalue weighted by Crippen LogP contribution is -2.62. The van der Waals surface area contributed by atoms with Crippen molar-refractivity contribution in [2.24, 2.45) is 0 Å². The highest BCUT2D eigenvalue weighted by atomic mass is 32.2. The van der Waals surface area contributed by atoms with E-state index in [-0.39, 0.29) is 24.6 Å². The number of rotatable bonds is 7. The van der Waals surface area contributed by atoms with Crippen LogP contribution >= 0.6 is 11.8 Å². The molecule has 0 unspecified atom stereocenters. The van der Waals surface area contributed by atoms with Gasteiger partial charge in [-0.1, -0.05) is 19.1 Å². The van der Waals surface area contributed by atoms with Crippen molar-refractivity contribution in [1.82, 2.24) is 9.80 Å². The van der Waals surface area contributed by atoms with Crippen molar-refractivity contribution in [2.75, 3.05) is 37.2 Å². The zero-order valence-electron chi connectivity index (χ0n) is 16.9. The maximum atomic E-state index is 12.5. The molecule has 8 heteroatoms. The molecule has 2 rings (SSSR count). The lowest BCUT2D eigenvalue weighted by Gasteiger charge is -2.44. The Balaban J connectivity index is 1.86. The van der Waals surface area contributed by atoms with Gasteiger partial charge in [-0.05, 0) is 39.4 Å². The lowest BCUT2D eigenvalue weighted by molar-refractivity contribution is -0.118. The number of benzene rings is 1. The van der Waals surface area contributed by atoms with Crippen molar-refractivity contribution in [1.29, 1.82) is 5.26 Å². The number of likely N-dealkylation sites (N-methyl/N-ethyl adjacent to an activating group) is 1. The van der Waals surface area contributed by atoms with Gasteiger partial charge in [0.2, 0.25) is 5.91 Å². The molecule has 0 spiro atoms. The average Bonchev–Trinajstić information content (AvgIpc) is 2.57. The van der Waals surface area contributed by atoms with Crippen LogP contribution in [0.5, 0.6) is 0 Å². The second kappa shape index (κ2) is 9.80. The molecule has 1 fully saturated rings. The van der Waals surface area contributed by atoms with E-state index in [1.807, 2.05) is 52.0 Å². The molecule has 1 heterocycles. The van der Waals surface area contributed by atoms with Gasteiger partial charge < -0.3 is 15.0 Å². The molecule has 0 aliphatic carbocycles. The third-order valence-corrected chi connectivity index (χ3v) is 5.18. The molecule has 0 atom stereocenters. The molecule has 0 aromatic heterocycles. The van der Waals surface area contributed by atoms with E-state index in [9.17, 15) is 9.59 Å². The zero-order chi connectivity index (χ0) is 20.7. The number of hydrogen-bond donors (Lipinski definition) is 1. The number of carbonyl (C=O) groups is 2. The van der Waals surface area contributed by atoms with Crippen molar-refractivity contribution in [3.8, 4) is 6.07 Å². The fraction of sp³-hybridized carbons (Fsp3) is 0.550. The number of amides is 2. The van der Waals surface area contributed by atoms with Crippen LogP contribution in [0.15, 0.2) is 29.2 Å². The Morgan fingerprint density at radius 2 is 2.04 bits per heavy atom. The SMILES string of the molecule is CCN(CC(=O)Nc1ccccc1SCC#N)C1CN(C(=O)OC(C)(C)C)C1. The van der Waals surface area contributed by atoms with E-state index in [1.165, 1.54) is 11.8 Å². The summed E-state index contributed by atoms with van der Waals surface area (Å²) in [6, 6.07) is 9.70. The molecule has 7 nitrogen and oxygen atoms in total. The van der Waals surface area contributed by atoms with Gasteiger partial charge in [0.1, 0.15) is 5.60 Å². The standard InChI is InChI=1S/C20H28N4O3S/c1-5-23(15-12-24(13-15)19(26)27-20(2,3)4)14-18(25)22-16-8-6-7-9-17(16)28-11-10-21/h6-9,15H,5,11-14H2,1-4H3,(H,22,25). The summed E-state index contributed by atoms with van der Waals surface area (Å²) in [6.07, 6.45) is -0.312. The highest BCUT2D eigenvalue weighted by Gasteiger charge is 2.37. The molecule has 0 radical (unpaired) electrons. The largest absolute Gasteiger partial charge is 0.444 e. The summed E-state index contributed by atoms with van der Waals surface area (Å²) in [6.45, 7) is 9.62. The number of thioether (sulfide) groups is 1. The van der Waals surface area contributed by atoms with Crippen LogP contribution in [0.2, 0.25) is 0 Å². The quantitative estimate of drug-likeness (QED) is 0.703. The van der Waals surface area contributed by atoms with Crippen LogP contribution in [0.25, 0.3) is 0 Å². The minimum atomic E-state index is -0.510. The number of likely N-dealkylation sites (tertiary alicyclic amines) is 1. The van der Waals surface area contributed by atoms with Crippen LogP contribution in [0.4, 0.5) is 10.5 Å². The van der Waals surface area contributed by atoms with Crippen LogP contribution in [0.1, 0.15) is 27.7 Å². The van der Waals surface area contributed by atoms with Crippen molar-refractivity contribution >= 4 is 29.4 Å². The Morgan fingerprint density at radius 1 is 1.36 bits per heavy atom. The fourth-order valence-electron chi connectivity index (χ4n) is 2.84. The van der Waals surface area contributed by atoms with Crippen molar-refractivity contribution in [2.45, 2.75) is 44.2 Å². The Morgan fingerprint density at radius 3 is 2.64 bits per heavy atom. The lowest BCUT2D eigenvalue weighted by atomic mass is 10.1. The van der Waals surface area contributed by atoms with Gasteiger partial charge in [-0.2, -0.15) is 5.26 Å². The molecule has 0 bridgehead atoms. The fourth-order valence-corrected chi connectivity index (χ4v) is 3.51. The average molecular weight is 405 g/mol. The minimum absolute atomic E-state index is 0.109. The maximum Gasteiger partial charge on any atom is 0.410 e. The first-order chi connectivity index (χ1) is 13.2. The molecule has 28 heavy (non-hydrogen) atoms.